The van der Waals surface area contributed by atoms with Crippen molar-refractivity contribution in [1.82, 2.24) is 15.1 Å². The van der Waals surface area contributed by atoms with Crippen LogP contribution in [-0.4, -0.2) is 106 Å². The zero-order chi connectivity index (χ0) is 32.0. The smallest absolute Gasteiger partial charge is 0.414 e. The number of halogens is 1. The molecule has 1 unspecified atom stereocenters. The van der Waals surface area contributed by atoms with Crippen LogP contribution in [0.1, 0.15) is 36.7 Å². The molecule has 2 aromatic carbocycles. The van der Waals surface area contributed by atoms with Crippen molar-refractivity contribution < 1.29 is 37.8 Å². The molecule has 2 aliphatic rings. The monoisotopic (exact) mass is 613 g/mol. The van der Waals surface area contributed by atoms with Crippen LogP contribution < -0.4 is 15.1 Å². The first-order chi connectivity index (χ1) is 20.8. The van der Waals surface area contributed by atoms with Crippen LogP contribution in [0.25, 0.3) is 0 Å². The summed E-state index contributed by atoms with van der Waals surface area (Å²) < 4.78 is 31.0. The summed E-state index contributed by atoms with van der Waals surface area (Å²) in [5, 5.41) is 2.58. The Hall–Kier alpha value is -4.39. The fourth-order valence-electron chi connectivity index (χ4n) is 4.93. The van der Waals surface area contributed by atoms with Gasteiger partial charge in [0.1, 0.15) is 17.5 Å². The van der Waals surface area contributed by atoms with Crippen molar-refractivity contribution in [2.24, 2.45) is 0 Å². The van der Waals surface area contributed by atoms with E-state index in [1.54, 1.807) is 56.0 Å². The molecule has 2 heterocycles. The van der Waals surface area contributed by atoms with Crippen molar-refractivity contribution in [3.63, 3.8) is 0 Å². The minimum atomic E-state index is -0.655. The number of esters is 1. The maximum Gasteiger partial charge on any atom is 0.414 e. The largest absolute Gasteiger partial charge is 0.452 e. The second kappa shape index (κ2) is 13.9. The van der Waals surface area contributed by atoms with Gasteiger partial charge in [-0.05, 0) is 70.8 Å². The van der Waals surface area contributed by atoms with Crippen LogP contribution in [0.3, 0.4) is 0 Å². The number of carbonyl (C=O) groups excluding carboxylic acids is 4. The van der Waals surface area contributed by atoms with Gasteiger partial charge in [-0.3, -0.25) is 9.69 Å². The molecule has 44 heavy (non-hydrogen) atoms. The maximum atomic E-state index is 15.2. The lowest BCUT2D eigenvalue weighted by molar-refractivity contribution is -0.134. The molecule has 12 nitrogen and oxygen atoms in total. The molecule has 2 aromatic rings. The van der Waals surface area contributed by atoms with E-state index in [0.29, 0.717) is 49.7 Å². The number of piperazine rings is 1. The molecule has 238 valence electrons. The van der Waals surface area contributed by atoms with Gasteiger partial charge in [0, 0.05) is 32.7 Å². The molecule has 4 rings (SSSR count). The third kappa shape index (κ3) is 8.82. The number of anilines is 2. The summed E-state index contributed by atoms with van der Waals surface area (Å²) in [4.78, 5) is 56.3. The van der Waals surface area contributed by atoms with Crippen LogP contribution in [0, 0.1) is 5.82 Å². The van der Waals surface area contributed by atoms with Gasteiger partial charge in [0.05, 0.1) is 30.0 Å². The average molecular weight is 614 g/mol. The zero-order valence-electron chi connectivity index (χ0n) is 25.8. The number of amides is 3. The molecule has 2 saturated heterocycles. The molecule has 0 radical (unpaired) electrons. The Kier molecular flexibility index (Phi) is 10.3. The molecule has 0 saturated carbocycles. The SMILES string of the molecule is CN(C)Cc1cccc(C(=O)OCC(=O)N2CCN(c3ccc(N4CC(CNC(=O)OC(C)(C)C)OC4=O)cc3F)CC2)c1. The Balaban J connectivity index is 1.25. The van der Waals surface area contributed by atoms with Gasteiger partial charge in [-0.25, -0.2) is 18.8 Å². The van der Waals surface area contributed by atoms with E-state index in [2.05, 4.69) is 5.32 Å². The lowest BCUT2D eigenvalue weighted by Gasteiger charge is -2.36. The molecule has 0 bridgehead atoms. The van der Waals surface area contributed by atoms with Crippen LogP contribution in [0.4, 0.5) is 25.4 Å². The first-order valence-corrected chi connectivity index (χ1v) is 14.5. The molecule has 0 spiro atoms. The van der Waals surface area contributed by atoms with Gasteiger partial charge >= 0.3 is 18.2 Å². The van der Waals surface area contributed by atoms with Gasteiger partial charge in [0.2, 0.25) is 0 Å². The number of hydrogen-bond donors (Lipinski definition) is 1. The quantitative estimate of drug-likeness (QED) is 0.336. The molecular weight excluding hydrogens is 573 g/mol. The Morgan fingerprint density at radius 3 is 2.45 bits per heavy atom. The number of ether oxygens (including phenoxy) is 3. The molecular formula is C31H40FN5O7. The van der Waals surface area contributed by atoms with E-state index >= 15 is 4.39 Å². The van der Waals surface area contributed by atoms with E-state index in [-0.39, 0.29) is 25.6 Å². The Labute approximate surface area is 256 Å². The number of hydrogen-bond acceptors (Lipinski definition) is 9. The summed E-state index contributed by atoms with van der Waals surface area (Å²) in [6.45, 7) is 7.17. The van der Waals surface area contributed by atoms with E-state index in [9.17, 15) is 19.2 Å². The predicted octanol–water partition coefficient (Wildman–Crippen LogP) is 3.24. The van der Waals surface area contributed by atoms with Gasteiger partial charge < -0.3 is 34.2 Å². The summed E-state index contributed by atoms with van der Waals surface area (Å²) in [7, 11) is 3.87. The second-order valence-corrected chi connectivity index (χ2v) is 12.0. The third-order valence-electron chi connectivity index (χ3n) is 6.95. The Bertz CT molecular complexity index is 1370. The topological polar surface area (TPSA) is 121 Å². The summed E-state index contributed by atoms with van der Waals surface area (Å²) >= 11 is 0. The number of rotatable bonds is 9. The molecule has 0 aliphatic carbocycles. The fourth-order valence-corrected chi connectivity index (χ4v) is 4.93. The van der Waals surface area contributed by atoms with Gasteiger partial charge in [0.15, 0.2) is 6.61 Å². The first kappa shape index (κ1) is 32.5. The van der Waals surface area contributed by atoms with E-state index in [1.165, 1.54) is 11.0 Å². The summed E-state index contributed by atoms with van der Waals surface area (Å²) in [6, 6.07) is 11.6. The Morgan fingerprint density at radius 1 is 1.07 bits per heavy atom. The second-order valence-electron chi connectivity index (χ2n) is 12.0. The van der Waals surface area contributed by atoms with Crippen molar-refractivity contribution >= 4 is 35.4 Å². The van der Waals surface area contributed by atoms with Crippen molar-refractivity contribution in [1.29, 1.82) is 0 Å². The number of carbonyl (C=O) groups is 4. The third-order valence-corrected chi connectivity index (χ3v) is 6.95. The van der Waals surface area contributed by atoms with Crippen molar-refractivity contribution in [2.45, 2.75) is 39.0 Å². The van der Waals surface area contributed by atoms with Gasteiger partial charge in [-0.15, -0.1) is 0 Å². The molecule has 0 aromatic heterocycles. The van der Waals surface area contributed by atoms with Gasteiger partial charge in [0.25, 0.3) is 5.91 Å². The minimum Gasteiger partial charge on any atom is -0.452 e. The Morgan fingerprint density at radius 2 is 1.80 bits per heavy atom. The fraction of sp³-hybridized carbons (Fsp3) is 0.484. The molecule has 13 heteroatoms. The zero-order valence-corrected chi connectivity index (χ0v) is 25.8. The summed E-state index contributed by atoms with van der Waals surface area (Å²) in [6.07, 6.45) is -1.87. The lowest BCUT2D eigenvalue weighted by atomic mass is 10.1. The van der Waals surface area contributed by atoms with Crippen LogP contribution in [0.15, 0.2) is 42.5 Å². The van der Waals surface area contributed by atoms with Crippen LogP contribution in [0.2, 0.25) is 0 Å². The minimum absolute atomic E-state index is 0.0594. The highest BCUT2D eigenvalue weighted by Gasteiger charge is 2.34. The number of nitrogens with zero attached hydrogens (tertiary/aromatic N) is 4. The van der Waals surface area contributed by atoms with E-state index in [1.807, 2.05) is 30.0 Å². The molecule has 2 aliphatic heterocycles. The highest BCUT2D eigenvalue weighted by atomic mass is 19.1. The normalized spacial score (nSPS) is 17.0. The van der Waals surface area contributed by atoms with Crippen molar-refractivity contribution in [3.05, 3.63) is 59.4 Å². The number of nitrogens with one attached hydrogen (secondary N) is 1. The highest BCUT2D eigenvalue weighted by molar-refractivity contribution is 5.92. The molecule has 1 atom stereocenters. The van der Waals surface area contributed by atoms with E-state index < -0.39 is 35.7 Å². The average Bonchev–Trinajstić information content (AvgIpc) is 3.34. The molecule has 1 N–H and O–H groups in total. The number of alkyl carbamates (subject to hydrolysis) is 1. The van der Waals surface area contributed by atoms with Crippen molar-refractivity contribution in [2.75, 3.05) is 69.8 Å². The van der Waals surface area contributed by atoms with Crippen LogP contribution in [-0.2, 0) is 25.5 Å². The highest BCUT2D eigenvalue weighted by Crippen LogP contribution is 2.28. The number of cyclic esters (lactones) is 1. The van der Waals surface area contributed by atoms with Gasteiger partial charge in [-0.2, -0.15) is 0 Å². The van der Waals surface area contributed by atoms with Crippen LogP contribution in [0.5, 0.6) is 0 Å². The first-order valence-electron chi connectivity index (χ1n) is 14.5. The molecule has 3 amide bonds. The summed E-state index contributed by atoms with van der Waals surface area (Å²) in [5.41, 5.74) is 1.37. The van der Waals surface area contributed by atoms with E-state index in [4.69, 9.17) is 14.2 Å². The van der Waals surface area contributed by atoms with Crippen LogP contribution >= 0.6 is 0 Å². The molecule has 2 fully saturated rings. The standard InChI is InChI=1S/C31H40FN5O7/c1-31(2,3)44-29(40)33-17-24-19-37(30(41)43-24)23-9-10-26(25(32)16-23)35-11-13-36(14-12-35)27(38)20-42-28(39)22-8-6-7-21(15-22)18-34(4)5/h6-10,15-16,24H,11-14,17-20H2,1-5H3,(H,33,40). The lowest BCUT2D eigenvalue weighted by Crippen LogP contribution is -2.50. The predicted molar refractivity (Wildman–Crippen MR) is 161 cm³/mol. The summed E-state index contributed by atoms with van der Waals surface area (Å²) in [5.74, 6) is -1.40. The van der Waals surface area contributed by atoms with E-state index in [0.717, 1.165) is 5.56 Å². The van der Waals surface area contributed by atoms with Gasteiger partial charge in [-0.1, -0.05) is 12.1 Å². The van der Waals surface area contributed by atoms with Crippen molar-refractivity contribution in [3.8, 4) is 0 Å². The maximum absolute atomic E-state index is 15.2. The number of benzene rings is 2.